The average molecular weight is 498 g/mol. The van der Waals surface area contributed by atoms with Gasteiger partial charge in [0.2, 0.25) is 0 Å². The van der Waals surface area contributed by atoms with Crippen molar-refractivity contribution in [2.75, 3.05) is 0 Å². The molecule has 0 aliphatic carbocycles. The maximum atomic E-state index is 12.9. The van der Waals surface area contributed by atoms with Gasteiger partial charge in [-0.2, -0.15) is 13.2 Å². The molecule has 0 N–H and O–H groups in total. The molecule has 0 unspecified atom stereocenters. The Kier molecular flexibility index (Phi) is 6.11. The third-order valence-electron chi connectivity index (χ3n) is 4.59. The minimum atomic E-state index is -4.48. The molecule has 2 heterocycles. The van der Waals surface area contributed by atoms with Crippen LogP contribution >= 0.6 is 35.0 Å². The first kappa shape index (κ1) is 22.5. The molecule has 0 bridgehead atoms. The van der Waals surface area contributed by atoms with Crippen molar-refractivity contribution in [2.24, 2.45) is 0 Å². The van der Waals surface area contributed by atoms with E-state index in [1.165, 1.54) is 36.4 Å². The predicted octanol–water partition coefficient (Wildman–Crippen LogP) is 7.51. The summed E-state index contributed by atoms with van der Waals surface area (Å²) in [6.45, 7) is -0.0222. The molecule has 1 aromatic heterocycles. The molecule has 1 aliphatic rings. The number of benzene rings is 2. The van der Waals surface area contributed by atoms with Crippen LogP contribution < -0.4 is 0 Å². The first-order valence-corrected chi connectivity index (χ1v) is 10.7. The summed E-state index contributed by atoms with van der Waals surface area (Å²) in [6.07, 6.45) is -3.09. The van der Waals surface area contributed by atoms with Crippen molar-refractivity contribution in [2.45, 2.75) is 12.7 Å². The van der Waals surface area contributed by atoms with Crippen molar-refractivity contribution in [1.82, 2.24) is 4.90 Å². The van der Waals surface area contributed by atoms with Crippen LogP contribution in [-0.4, -0.2) is 16.0 Å². The lowest BCUT2D eigenvalue weighted by molar-refractivity contribution is -0.137. The number of imide groups is 1. The van der Waals surface area contributed by atoms with E-state index in [0.717, 1.165) is 28.8 Å². The van der Waals surface area contributed by atoms with Crippen molar-refractivity contribution in [3.8, 4) is 11.3 Å². The Morgan fingerprint density at radius 1 is 1.03 bits per heavy atom. The first-order chi connectivity index (χ1) is 15.1. The lowest BCUT2D eigenvalue weighted by Crippen LogP contribution is -2.27. The number of amides is 2. The third kappa shape index (κ3) is 4.72. The van der Waals surface area contributed by atoms with Gasteiger partial charge < -0.3 is 4.42 Å². The molecule has 2 aromatic carbocycles. The molecule has 4 rings (SSSR count). The molecule has 0 atom stereocenters. The predicted molar refractivity (Wildman–Crippen MR) is 117 cm³/mol. The fraction of sp³-hybridized carbons (Fsp3) is 0.0909. The number of hydrogen-bond acceptors (Lipinski definition) is 4. The van der Waals surface area contributed by atoms with Gasteiger partial charge in [0.15, 0.2) is 0 Å². The first-order valence-electron chi connectivity index (χ1n) is 9.08. The Balaban J connectivity index is 1.55. The number of thioether (sulfide) groups is 1. The van der Waals surface area contributed by atoms with Crippen LogP contribution in [0.4, 0.5) is 18.0 Å². The molecule has 4 nitrogen and oxygen atoms in total. The van der Waals surface area contributed by atoms with E-state index in [9.17, 15) is 22.8 Å². The fourth-order valence-electron chi connectivity index (χ4n) is 3.02. The van der Waals surface area contributed by atoms with E-state index in [2.05, 4.69) is 0 Å². The molecule has 0 spiro atoms. The average Bonchev–Trinajstić information content (AvgIpc) is 3.29. The zero-order valence-corrected chi connectivity index (χ0v) is 18.3. The van der Waals surface area contributed by atoms with Gasteiger partial charge in [-0.1, -0.05) is 41.4 Å². The van der Waals surface area contributed by atoms with Crippen LogP contribution in [0.2, 0.25) is 10.0 Å². The van der Waals surface area contributed by atoms with E-state index in [4.69, 9.17) is 27.6 Å². The number of furan rings is 1. The summed E-state index contributed by atoms with van der Waals surface area (Å²) in [4.78, 5) is 26.2. The normalized spacial score (nSPS) is 15.8. The number of carbonyl (C=O) groups excluding carboxylic acids is 2. The summed E-state index contributed by atoms with van der Waals surface area (Å²) in [5.74, 6) is -0.0926. The van der Waals surface area contributed by atoms with Gasteiger partial charge in [-0.15, -0.1) is 0 Å². The van der Waals surface area contributed by atoms with Gasteiger partial charge in [0.25, 0.3) is 11.1 Å². The van der Waals surface area contributed by atoms with Gasteiger partial charge in [0.05, 0.1) is 17.0 Å². The summed E-state index contributed by atoms with van der Waals surface area (Å²) < 4.78 is 44.4. The van der Waals surface area contributed by atoms with Crippen LogP contribution in [-0.2, 0) is 17.5 Å². The van der Waals surface area contributed by atoms with Crippen LogP contribution in [0.1, 0.15) is 16.9 Å². The third-order valence-corrected chi connectivity index (χ3v) is 6.09. The van der Waals surface area contributed by atoms with Crippen molar-refractivity contribution < 1.29 is 27.2 Å². The second-order valence-corrected chi connectivity index (χ2v) is 8.62. The van der Waals surface area contributed by atoms with Crippen molar-refractivity contribution in [1.29, 1.82) is 0 Å². The minimum Gasteiger partial charge on any atom is -0.457 e. The lowest BCUT2D eigenvalue weighted by Gasteiger charge is -2.13. The van der Waals surface area contributed by atoms with E-state index < -0.39 is 22.9 Å². The molecule has 2 amide bonds. The SMILES string of the molecule is O=C1S/C(=C/c2ccc(-c3cccc(C(F)(F)F)c3)o2)C(=O)N1Cc1ccc(Cl)cc1Cl. The molecule has 3 aromatic rings. The second-order valence-electron chi connectivity index (χ2n) is 6.78. The molecular formula is C22H12Cl2F3NO3S. The Bertz CT molecular complexity index is 1250. The Hall–Kier alpha value is -2.68. The highest BCUT2D eigenvalue weighted by atomic mass is 35.5. The monoisotopic (exact) mass is 497 g/mol. The number of halogens is 5. The van der Waals surface area contributed by atoms with Gasteiger partial charge in [0, 0.05) is 21.7 Å². The number of carbonyl (C=O) groups is 2. The lowest BCUT2D eigenvalue weighted by atomic mass is 10.1. The standard InChI is InChI=1S/C22H12Cl2F3NO3S/c23-15-5-4-13(17(24)9-15)11-28-20(29)19(32-21(28)30)10-16-6-7-18(31-16)12-2-1-3-14(8-12)22(25,26)27/h1-10H,11H2/b19-10+. The molecule has 1 saturated heterocycles. The van der Waals surface area contributed by atoms with Crippen molar-refractivity contribution in [3.05, 3.63) is 86.4 Å². The Morgan fingerprint density at radius 3 is 2.53 bits per heavy atom. The quantitative estimate of drug-likeness (QED) is 0.350. The van der Waals surface area contributed by atoms with Crippen LogP contribution in [0.3, 0.4) is 0 Å². The molecule has 0 radical (unpaired) electrons. The zero-order valence-electron chi connectivity index (χ0n) is 16.0. The minimum absolute atomic E-state index is 0.0222. The Morgan fingerprint density at radius 2 is 1.81 bits per heavy atom. The Labute approximate surface area is 194 Å². The molecule has 164 valence electrons. The highest BCUT2D eigenvalue weighted by Gasteiger charge is 2.35. The van der Waals surface area contributed by atoms with Crippen LogP contribution in [0.25, 0.3) is 17.4 Å². The van der Waals surface area contributed by atoms with E-state index in [1.807, 2.05) is 0 Å². The molecule has 1 aliphatic heterocycles. The molecule has 1 fully saturated rings. The summed E-state index contributed by atoms with van der Waals surface area (Å²) in [5.41, 5.74) is 0.00402. The summed E-state index contributed by atoms with van der Waals surface area (Å²) in [6, 6.07) is 12.5. The van der Waals surface area contributed by atoms with Gasteiger partial charge in [0.1, 0.15) is 11.5 Å². The fourth-order valence-corrected chi connectivity index (χ4v) is 4.31. The number of hydrogen-bond donors (Lipinski definition) is 0. The van der Waals surface area contributed by atoms with Gasteiger partial charge in [-0.3, -0.25) is 14.5 Å². The van der Waals surface area contributed by atoms with Gasteiger partial charge in [-0.05, 0) is 53.7 Å². The smallest absolute Gasteiger partial charge is 0.416 e. The topological polar surface area (TPSA) is 50.5 Å². The van der Waals surface area contributed by atoms with E-state index in [1.54, 1.807) is 12.1 Å². The molecule has 32 heavy (non-hydrogen) atoms. The summed E-state index contributed by atoms with van der Waals surface area (Å²) >= 11 is 12.7. The van der Waals surface area contributed by atoms with Crippen LogP contribution in [0.5, 0.6) is 0 Å². The van der Waals surface area contributed by atoms with E-state index in [0.29, 0.717) is 15.6 Å². The maximum absolute atomic E-state index is 12.9. The highest BCUT2D eigenvalue weighted by Crippen LogP contribution is 2.36. The summed E-state index contributed by atoms with van der Waals surface area (Å²) in [5, 5.41) is 0.288. The largest absolute Gasteiger partial charge is 0.457 e. The number of rotatable bonds is 4. The van der Waals surface area contributed by atoms with Crippen molar-refractivity contribution >= 4 is 52.2 Å². The van der Waals surface area contributed by atoms with Gasteiger partial charge >= 0.3 is 6.18 Å². The van der Waals surface area contributed by atoms with E-state index in [-0.39, 0.29) is 28.5 Å². The van der Waals surface area contributed by atoms with E-state index >= 15 is 0 Å². The number of alkyl halides is 3. The number of nitrogens with zero attached hydrogens (tertiary/aromatic N) is 1. The highest BCUT2D eigenvalue weighted by molar-refractivity contribution is 8.18. The van der Waals surface area contributed by atoms with Crippen molar-refractivity contribution in [3.63, 3.8) is 0 Å². The zero-order chi connectivity index (χ0) is 23.0. The maximum Gasteiger partial charge on any atom is 0.416 e. The second kappa shape index (κ2) is 8.69. The van der Waals surface area contributed by atoms with Crippen LogP contribution in [0, 0.1) is 0 Å². The van der Waals surface area contributed by atoms with Crippen LogP contribution in [0.15, 0.2) is 63.9 Å². The molecule has 10 heteroatoms. The molecular weight excluding hydrogens is 486 g/mol. The molecule has 0 saturated carbocycles. The van der Waals surface area contributed by atoms with Gasteiger partial charge in [-0.25, -0.2) is 0 Å². The summed E-state index contributed by atoms with van der Waals surface area (Å²) in [7, 11) is 0.